The van der Waals surface area contributed by atoms with E-state index in [-0.39, 0.29) is 17.8 Å². The van der Waals surface area contributed by atoms with Crippen molar-refractivity contribution in [2.45, 2.75) is 12.3 Å². The molecule has 5 nitrogen and oxygen atoms in total. The van der Waals surface area contributed by atoms with Crippen LogP contribution in [0.15, 0.2) is 12.1 Å². The van der Waals surface area contributed by atoms with Crippen molar-refractivity contribution in [3.63, 3.8) is 0 Å². The molecule has 0 heterocycles. The number of rotatable bonds is 5. The molecule has 1 aliphatic rings. The summed E-state index contributed by atoms with van der Waals surface area (Å²) < 4.78 is 20.6. The molecule has 1 aromatic rings. The van der Waals surface area contributed by atoms with Gasteiger partial charge in [0.1, 0.15) is 0 Å². The second kappa shape index (κ2) is 5.38. The maximum Gasteiger partial charge on any atom is 0.309 e. The minimum absolute atomic E-state index is 0.0622. The van der Waals surface area contributed by atoms with Crippen molar-refractivity contribution in [1.29, 1.82) is 0 Å². The first-order valence-corrected chi connectivity index (χ1v) is 6.04. The predicted octanol–water partition coefficient (Wildman–Crippen LogP) is 1.99. The first kappa shape index (κ1) is 13.5. The van der Waals surface area contributed by atoms with Gasteiger partial charge >= 0.3 is 5.97 Å². The van der Waals surface area contributed by atoms with E-state index in [2.05, 4.69) is 0 Å². The fourth-order valence-corrected chi connectivity index (χ4v) is 2.29. The highest BCUT2D eigenvalue weighted by atomic mass is 16.5. The van der Waals surface area contributed by atoms with E-state index in [1.807, 2.05) is 12.1 Å². The number of carbonyl (C=O) groups is 1. The summed E-state index contributed by atoms with van der Waals surface area (Å²) in [7, 11) is 6.12. The Balaban J connectivity index is 2.31. The zero-order chi connectivity index (χ0) is 14.0. The zero-order valence-corrected chi connectivity index (χ0v) is 11.6. The second-order valence-corrected chi connectivity index (χ2v) is 4.43. The Hall–Kier alpha value is -1.91. The summed E-state index contributed by atoms with van der Waals surface area (Å²) in [6.45, 7) is 0. The van der Waals surface area contributed by atoms with Crippen LogP contribution >= 0.6 is 0 Å². The van der Waals surface area contributed by atoms with Crippen molar-refractivity contribution >= 4 is 5.97 Å². The maximum atomic E-state index is 11.5. The number of methoxy groups -OCH3 is 4. The van der Waals surface area contributed by atoms with Gasteiger partial charge in [-0.2, -0.15) is 0 Å². The molecule has 19 heavy (non-hydrogen) atoms. The molecule has 0 unspecified atom stereocenters. The standard InChI is InChI=1S/C14H18O5/c1-16-11-5-8(6-12(17-2)13(11)18-3)9-7-10(9)14(15)19-4/h5-6,9-10H,7H2,1-4H3/t9-,10-/m1/s1. The van der Waals surface area contributed by atoms with Crippen LogP contribution in [-0.2, 0) is 9.53 Å². The number of ether oxygens (including phenoxy) is 4. The summed E-state index contributed by atoms with van der Waals surface area (Å²) in [6, 6.07) is 3.77. The highest BCUT2D eigenvalue weighted by Crippen LogP contribution is 2.51. The summed E-state index contributed by atoms with van der Waals surface area (Å²) >= 11 is 0. The third kappa shape index (κ3) is 2.45. The van der Waals surface area contributed by atoms with Crippen molar-refractivity contribution < 1.29 is 23.7 Å². The van der Waals surface area contributed by atoms with Gasteiger partial charge in [-0.3, -0.25) is 4.79 Å². The van der Waals surface area contributed by atoms with E-state index in [1.54, 1.807) is 21.3 Å². The van der Waals surface area contributed by atoms with Gasteiger partial charge in [0, 0.05) is 0 Å². The number of carbonyl (C=O) groups excluding carboxylic acids is 1. The van der Waals surface area contributed by atoms with Crippen LogP contribution in [0, 0.1) is 5.92 Å². The van der Waals surface area contributed by atoms with Gasteiger partial charge in [-0.05, 0) is 30.0 Å². The Bertz CT molecular complexity index is 458. The molecule has 1 aliphatic carbocycles. The monoisotopic (exact) mass is 266 g/mol. The molecule has 104 valence electrons. The molecule has 0 saturated heterocycles. The van der Waals surface area contributed by atoms with Gasteiger partial charge in [-0.15, -0.1) is 0 Å². The number of hydrogen-bond acceptors (Lipinski definition) is 5. The number of benzene rings is 1. The van der Waals surface area contributed by atoms with Crippen LogP contribution in [0.3, 0.4) is 0 Å². The largest absolute Gasteiger partial charge is 0.493 e. The van der Waals surface area contributed by atoms with Crippen molar-refractivity contribution in [1.82, 2.24) is 0 Å². The summed E-state index contributed by atoms with van der Waals surface area (Å²) in [5, 5.41) is 0. The number of hydrogen-bond donors (Lipinski definition) is 0. The first-order valence-electron chi connectivity index (χ1n) is 6.04. The lowest BCUT2D eigenvalue weighted by Gasteiger charge is -2.14. The highest BCUT2D eigenvalue weighted by molar-refractivity contribution is 5.77. The van der Waals surface area contributed by atoms with E-state index in [4.69, 9.17) is 18.9 Å². The van der Waals surface area contributed by atoms with Gasteiger partial charge < -0.3 is 18.9 Å². The third-order valence-corrected chi connectivity index (χ3v) is 3.41. The minimum Gasteiger partial charge on any atom is -0.493 e. The average molecular weight is 266 g/mol. The summed E-state index contributed by atoms with van der Waals surface area (Å²) in [4.78, 5) is 11.5. The zero-order valence-electron chi connectivity index (χ0n) is 11.6. The Labute approximate surface area is 112 Å². The van der Waals surface area contributed by atoms with Crippen LogP contribution in [-0.4, -0.2) is 34.4 Å². The molecule has 2 rings (SSSR count). The molecule has 0 radical (unpaired) electrons. The Morgan fingerprint density at radius 1 is 1.05 bits per heavy atom. The molecular weight excluding hydrogens is 248 g/mol. The van der Waals surface area contributed by atoms with Crippen molar-refractivity contribution in [2.24, 2.45) is 5.92 Å². The molecule has 0 aromatic heterocycles. The molecule has 0 N–H and O–H groups in total. The lowest BCUT2D eigenvalue weighted by Crippen LogP contribution is -2.04. The van der Waals surface area contributed by atoms with E-state index >= 15 is 0 Å². The fourth-order valence-electron chi connectivity index (χ4n) is 2.29. The van der Waals surface area contributed by atoms with Crippen molar-refractivity contribution in [3.05, 3.63) is 17.7 Å². The smallest absolute Gasteiger partial charge is 0.309 e. The molecule has 1 saturated carbocycles. The Morgan fingerprint density at radius 3 is 2.05 bits per heavy atom. The summed E-state index contributed by atoms with van der Waals surface area (Å²) in [6.07, 6.45) is 0.797. The average Bonchev–Trinajstić information content (AvgIpc) is 3.25. The van der Waals surface area contributed by atoms with Crippen molar-refractivity contribution in [3.8, 4) is 17.2 Å². The van der Waals surface area contributed by atoms with E-state index in [1.165, 1.54) is 7.11 Å². The summed E-state index contributed by atoms with van der Waals surface area (Å²) in [5.41, 5.74) is 1.00. The van der Waals surface area contributed by atoms with Gasteiger partial charge in [-0.25, -0.2) is 0 Å². The lowest BCUT2D eigenvalue weighted by molar-refractivity contribution is -0.142. The van der Waals surface area contributed by atoms with Gasteiger partial charge in [0.25, 0.3) is 0 Å². The van der Waals surface area contributed by atoms with Crippen molar-refractivity contribution in [2.75, 3.05) is 28.4 Å². The van der Waals surface area contributed by atoms with Crippen LogP contribution in [0.5, 0.6) is 17.2 Å². The minimum atomic E-state index is -0.168. The Morgan fingerprint density at radius 2 is 1.63 bits per heavy atom. The second-order valence-electron chi connectivity index (χ2n) is 4.43. The van der Waals surface area contributed by atoms with Gasteiger partial charge in [0.15, 0.2) is 11.5 Å². The topological polar surface area (TPSA) is 54.0 Å². The van der Waals surface area contributed by atoms with Crippen LogP contribution in [0.4, 0.5) is 0 Å². The summed E-state index contributed by atoms with van der Waals surface area (Å²) in [5.74, 6) is 1.71. The molecule has 1 fully saturated rings. The van der Waals surface area contributed by atoms with Gasteiger partial charge in [0.2, 0.25) is 5.75 Å². The van der Waals surface area contributed by atoms with E-state index < -0.39 is 0 Å². The third-order valence-electron chi connectivity index (χ3n) is 3.41. The highest BCUT2D eigenvalue weighted by Gasteiger charge is 2.45. The maximum absolute atomic E-state index is 11.5. The first-order chi connectivity index (χ1) is 9.15. The molecule has 5 heteroatoms. The molecule has 0 bridgehead atoms. The van der Waals surface area contributed by atoms with Crippen LogP contribution in [0.2, 0.25) is 0 Å². The SMILES string of the molecule is COC(=O)[C@@H]1C[C@@H]1c1cc(OC)c(OC)c(OC)c1. The van der Waals surface area contributed by atoms with E-state index in [0.717, 1.165) is 12.0 Å². The lowest BCUT2D eigenvalue weighted by atomic mass is 10.1. The van der Waals surface area contributed by atoms with Gasteiger partial charge in [-0.1, -0.05) is 0 Å². The molecule has 0 aliphatic heterocycles. The Kier molecular flexibility index (Phi) is 3.83. The normalized spacial score (nSPS) is 20.6. The molecule has 2 atom stereocenters. The van der Waals surface area contributed by atoms with E-state index in [0.29, 0.717) is 17.2 Å². The van der Waals surface area contributed by atoms with Crippen LogP contribution < -0.4 is 14.2 Å². The molecule has 0 spiro atoms. The molecular formula is C14H18O5. The number of esters is 1. The molecule has 1 aromatic carbocycles. The van der Waals surface area contributed by atoms with Crippen LogP contribution in [0.1, 0.15) is 17.9 Å². The van der Waals surface area contributed by atoms with E-state index in [9.17, 15) is 4.79 Å². The molecule has 0 amide bonds. The van der Waals surface area contributed by atoms with Gasteiger partial charge in [0.05, 0.1) is 34.4 Å². The fraction of sp³-hybridized carbons (Fsp3) is 0.500. The predicted molar refractivity (Wildman–Crippen MR) is 69.0 cm³/mol. The van der Waals surface area contributed by atoms with Crippen LogP contribution in [0.25, 0.3) is 0 Å². The quantitative estimate of drug-likeness (QED) is 0.763.